The molecule has 5 fully saturated rings. The summed E-state index contributed by atoms with van der Waals surface area (Å²) in [6, 6.07) is 14.9. The molecular formula is C55H65F2N3O16S. The average molecular weight is 1090 g/mol. The summed E-state index contributed by atoms with van der Waals surface area (Å²) in [5.74, 6) is -3.67. The number of alkyl halides is 2. The maximum Gasteiger partial charge on any atom is 0.253 e. The lowest BCUT2D eigenvalue weighted by atomic mass is 9.44. The molecule has 0 aromatic heterocycles. The van der Waals surface area contributed by atoms with Gasteiger partial charge in [-0.25, -0.2) is 8.78 Å². The number of carbonyl (C=O) groups excluding carboxylic acids is 6. The molecule has 10 atom stereocenters. The summed E-state index contributed by atoms with van der Waals surface area (Å²) in [7, 11) is 0. The van der Waals surface area contributed by atoms with Crippen molar-refractivity contribution in [1.29, 1.82) is 0 Å². The van der Waals surface area contributed by atoms with E-state index in [9.17, 15) is 33.9 Å². The Bertz CT molecular complexity index is 2590. The molecule has 2 aromatic rings. The molecule has 7 aliphatic rings. The van der Waals surface area contributed by atoms with E-state index >= 15 is 8.78 Å². The number of rotatable bonds is 30. The van der Waals surface area contributed by atoms with Gasteiger partial charge in [0.1, 0.15) is 18.4 Å². The second-order valence-electron chi connectivity index (χ2n) is 20.0. The predicted molar refractivity (Wildman–Crippen MR) is 270 cm³/mol. The van der Waals surface area contributed by atoms with Crippen LogP contribution in [-0.2, 0) is 71.4 Å². The van der Waals surface area contributed by atoms with Crippen molar-refractivity contribution >= 4 is 52.6 Å². The summed E-state index contributed by atoms with van der Waals surface area (Å²) in [6.07, 6.45) is 2.06. The number of ether oxygens (including phenoxy) is 9. The first-order chi connectivity index (χ1) is 37.2. The van der Waals surface area contributed by atoms with Gasteiger partial charge in [0.25, 0.3) is 11.8 Å². The van der Waals surface area contributed by atoms with E-state index in [0.717, 1.165) is 20.8 Å². The van der Waals surface area contributed by atoms with Crippen LogP contribution in [0.5, 0.6) is 0 Å². The topological polar surface area (TPSA) is 233 Å². The molecule has 0 radical (unpaired) electrons. The van der Waals surface area contributed by atoms with Gasteiger partial charge in [-0.1, -0.05) is 36.9 Å². The fourth-order valence-electron chi connectivity index (χ4n) is 12.1. The van der Waals surface area contributed by atoms with Gasteiger partial charge in [0.2, 0.25) is 11.8 Å². The van der Waals surface area contributed by atoms with E-state index < -0.39 is 88.8 Å². The molecule has 3 aliphatic heterocycles. The van der Waals surface area contributed by atoms with Gasteiger partial charge in [-0.05, 0) is 73.7 Å². The highest BCUT2D eigenvalue weighted by Crippen LogP contribution is 2.75. The van der Waals surface area contributed by atoms with Crippen LogP contribution in [0.2, 0.25) is 0 Å². The third kappa shape index (κ3) is 11.7. The Hall–Kier alpha value is -5.11. The van der Waals surface area contributed by atoms with Crippen molar-refractivity contribution in [2.75, 3.05) is 104 Å². The van der Waals surface area contributed by atoms with Crippen LogP contribution in [0.15, 0.2) is 94.3 Å². The molecule has 2 saturated heterocycles. The van der Waals surface area contributed by atoms with Gasteiger partial charge in [-0.3, -0.25) is 33.7 Å². The van der Waals surface area contributed by atoms with Crippen LogP contribution in [-0.4, -0.2) is 179 Å². The molecule has 1 unspecified atom stereocenters. The maximum atomic E-state index is 17.5. The Kier molecular flexibility index (Phi) is 18.3. The molecule has 77 heavy (non-hydrogen) atoms. The second-order valence-corrected chi connectivity index (χ2v) is 21.2. The van der Waals surface area contributed by atoms with Gasteiger partial charge in [0, 0.05) is 69.6 Å². The van der Waals surface area contributed by atoms with Gasteiger partial charge < -0.3 is 58.4 Å². The summed E-state index contributed by atoms with van der Waals surface area (Å²) in [4.78, 5) is 76.5. The van der Waals surface area contributed by atoms with E-state index in [4.69, 9.17) is 42.6 Å². The molecule has 1 spiro atoms. The zero-order valence-electron chi connectivity index (χ0n) is 42.8. The number of carbonyl (C=O) groups is 6. The van der Waals surface area contributed by atoms with Crippen LogP contribution in [0, 0.1) is 17.3 Å². The standard InChI is InChI=1S/C55H65F2N3O16S/c1-52-33-46-54(57)41(31-43(56)42-30-37(62)11-14-53(42,54)75-46)40(52)32-45-55(52,44(63)34-61)76-51(74-45)35-5-7-38(8-6-35)77-39-4-2-3-36(29-39)59-48(65)13-17-68-19-21-70-23-25-72-27-28-73-26-24-71-22-20-69-18-15-58-47(64)12-16-60-49(66)9-10-50(60)67/h2-11,14,29-30,40-41,43,45-46,51,61H,12-13,15-28,31-34H2,1H3,(H,58,64)(H,59,65)/t40?,41-,43-,45+,46-,51+,52-,53+,54-,55+/m0/s1. The number of nitrogens with one attached hydrogen (secondary N) is 2. The van der Waals surface area contributed by atoms with Crippen LogP contribution in [0.3, 0.4) is 0 Å². The molecule has 4 amide bonds. The maximum absolute atomic E-state index is 17.5. The molecule has 4 aliphatic carbocycles. The summed E-state index contributed by atoms with van der Waals surface area (Å²) < 4.78 is 85.9. The van der Waals surface area contributed by atoms with Crippen molar-refractivity contribution in [1.82, 2.24) is 10.2 Å². The fraction of sp³-hybridized carbons (Fsp3) is 0.564. The molecule has 2 aromatic carbocycles. The number of anilines is 1. The SMILES string of the molecule is C[C@]12C[C@@H]3O[C@]45C=CC(=O)C=C4[C@@H](F)C[C@@H](C1C[C@H]1O[C@@H](c4ccc(Sc6cccc(NC(=O)CCOCCOCCOCCOCCOCCOCCNC(=O)CCN7C(=O)C=CC7=O)c6)cc4)O[C@]12C(=O)CO)[C@]35F. The zero-order chi connectivity index (χ0) is 54.2. The van der Waals surface area contributed by atoms with Gasteiger partial charge in [-0.15, -0.1) is 0 Å². The number of allylic oxidation sites excluding steroid dienone is 2. The highest BCUT2D eigenvalue weighted by atomic mass is 32.2. The molecule has 3 heterocycles. The van der Waals surface area contributed by atoms with Crippen molar-refractivity contribution in [3.8, 4) is 0 Å². The summed E-state index contributed by atoms with van der Waals surface area (Å²) in [5, 5.41) is 15.9. The molecule has 3 N–H and O–H groups in total. The number of hydrogen-bond donors (Lipinski definition) is 3. The van der Waals surface area contributed by atoms with E-state index in [1.807, 2.05) is 49.4 Å². The lowest BCUT2D eigenvalue weighted by Crippen LogP contribution is -2.82. The number of hydrogen-bond acceptors (Lipinski definition) is 17. The van der Waals surface area contributed by atoms with Gasteiger partial charge in [0.05, 0.1) is 97.9 Å². The molecular weight excluding hydrogens is 1030 g/mol. The molecule has 416 valence electrons. The van der Waals surface area contributed by atoms with E-state index in [1.54, 1.807) is 6.07 Å². The molecule has 9 rings (SSSR count). The number of ketones is 2. The highest BCUT2D eigenvalue weighted by molar-refractivity contribution is 7.99. The van der Waals surface area contributed by atoms with Crippen LogP contribution < -0.4 is 10.6 Å². The first-order valence-electron chi connectivity index (χ1n) is 26.1. The van der Waals surface area contributed by atoms with Gasteiger partial charge in [-0.2, -0.15) is 0 Å². The first-order valence-corrected chi connectivity index (χ1v) is 26.9. The number of fused-ring (bicyclic) bond motifs is 4. The molecule has 0 bridgehead atoms. The molecule has 3 saturated carbocycles. The van der Waals surface area contributed by atoms with Crippen LogP contribution >= 0.6 is 11.8 Å². The van der Waals surface area contributed by atoms with Crippen molar-refractivity contribution in [3.63, 3.8) is 0 Å². The number of aliphatic hydroxyl groups is 1. The quantitative estimate of drug-likeness (QED) is 0.0738. The number of benzene rings is 2. The Morgan fingerprint density at radius 1 is 0.753 bits per heavy atom. The van der Waals surface area contributed by atoms with E-state index in [1.165, 1.54) is 36.1 Å². The molecule has 19 nitrogen and oxygen atoms in total. The van der Waals surface area contributed by atoms with Crippen LogP contribution in [0.1, 0.15) is 50.9 Å². The molecule has 22 heteroatoms. The lowest BCUT2D eigenvalue weighted by Gasteiger charge is -2.71. The van der Waals surface area contributed by atoms with Crippen molar-refractivity contribution < 1.29 is 85.3 Å². The van der Waals surface area contributed by atoms with E-state index in [0.29, 0.717) is 90.5 Å². The average Bonchev–Trinajstić information content (AvgIpc) is 4.05. The third-order valence-corrected chi connectivity index (χ3v) is 16.6. The van der Waals surface area contributed by atoms with Crippen molar-refractivity contribution in [2.45, 2.75) is 90.4 Å². The zero-order valence-corrected chi connectivity index (χ0v) is 43.6. The van der Waals surface area contributed by atoms with E-state index in [-0.39, 0.29) is 62.6 Å². The number of aliphatic hydroxyl groups excluding tert-OH is 1. The Morgan fingerprint density at radius 2 is 1.39 bits per heavy atom. The monoisotopic (exact) mass is 1090 g/mol. The minimum absolute atomic E-state index is 0.0159. The number of halogens is 2. The largest absolute Gasteiger partial charge is 0.388 e. The summed E-state index contributed by atoms with van der Waals surface area (Å²) in [5.41, 5.74) is -5.04. The van der Waals surface area contributed by atoms with Crippen LogP contribution in [0.25, 0.3) is 0 Å². The summed E-state index contributed by atoms with van der Waals surface area (Å²) >= 11 is 1.48. The highest BCUT2D eigenvalue weighted by Gasteiger charge is 2.85. The van der Waals surface area contributed by atoms with Gasteiger partial charge >= 0.3 is 0 Å². The van der Waals surface area contributed by atoms with Crippen LogP contribution in [0.4, 0.5) is 14.5 Å². The normalized spacial score (nSPS) is 30.4. The Morgan fingerprint density at radius 3 is 2.04 bits per heavy atom. The number of amides is 4. The van der Waals surface area contributed by atoms with Crippen molar-refractivity contribution in [3.05, 3.63) is 90.0 Å². The fourth-order valence-corrected chi connectivity index (χ4v) is 12.9. The smallest absolute Gasteiger partial charge is 0.253 e. The summed E-state index contributed by atoms with van der Waals surface area (Å²) in [6.45, 7) is 5.61. The first kappa shape index (κ1) is 56.6. The number of imide groups is 1. The second kappa shape index (κ2) is 24.9. The minimum Gasteiger partial charge on any atom is -0.388 e. The number of Topliss-reactive ketones (excluding diaryl/α,β-unsaturated/α-hetero) is 1. The lowest BCUT2D eigenvalue weighted by molar-refractivity contribution is -0.360. The predicted octanol–water partition coefficient (Wildman–Crippen LogP) is 4.11. The number of nitrogens with zero attached hydrogens (tertiary/aromatic N) is 1. The Labute approximate surface area is 448 Å². The van der Waals surface area contributed by atoms with Gasteiger partial charge in [0.15, 0.2) is 29.1 Å². The van der Waals surface area contributed by atoms with E-state index in [2.05, 4.69) is 10.6 Å². The third-order valence-electron chi connectivity index (χ3n) is 15.6. The van der Waals surface area contributed by atoms with Crippen molar-refractivity contribution in [2.24, 2.45) is 17.3 Å². The minimum atomic E-state index is -1.98. The Balaban J connectivity index is 0.604.